The van der Waals surface area contributed by atoms with Gasteiger partial charge in [-0.05, 0) is 27.7 Å². The van der Waals surface area contributed by atoms with Crippen molar-refractivity contribution in [2.75, 3.05) is 14.2 Å². The summed E-state index contributed by atoms with van der Waals surface area (Å²) in [7, 11) is 2.15. The van der Waals surface area contributed by atoms with Crippen molar-refractivity contribution < 1.29 is 23.2 Å². The summed E-state index contributed by atoms with van der Waals surface area (Å²) in [6.07, 6.45) is 0. The lowest BCUT2D eigenvalue weighted by atomic mass is 9.77. The smallest absolute Gasteiger partial charge is 0.497 e. The van der Waals surface area contributed by atoms with Crippen LogP contribution in [0.25, 0.3) is 0 Å². The molecule has 0 unspecified atom stereocenters. The summed E-state index contributed by atoms with van der Waals surface area (Å²) in [4.78, 5) is 0. The van der Waals surface area contributed by atoms with E-state index in [1.54, 1.807) is 6.07 Å². The minimum Gasteiger partial charge on any atom is -0.497 e. The fourth-order valence-electron chi connectivity index (χ4n) is 2.05. The van der Waals surface area contributed by atoms with Crippen LogP contribution in [0.15, 0.2) is 12.1 Å². The molecule has 1 heterocycles. The molecule has 0 amide bonds. The van der Waals surface area contributed by atoms with Gasteiger partial charge < -0.3 is 18.8 Å². The molecular formula is C14H20BFO4. The Labute approximate surface area is 119 Å². The molecule has 20 heavy (non-hydrogen) atoms. The summed E-state index contributed by atoms with van der Waals surface area (Å²) in [5.41, 5.74) is -0.809. The Morgan fingerprint density at radius 2 is 1.55 bits per heavy atom. The lowest BCUT2D eigenvalue weighted by Crippen LogP contribution is -2.41. The normalized spacial score (nSPS) is 20.1. The van der Waals surface area contributed by atoms with E-state index in [1.807, 2.05) is 27.7 Å². The van der Waals surface area contributed by atoms with E-state index >= 15 is 0 Å². The number of rotatable bonds is 3. The molecule has 1 fully saturated rings. The Morgan fingerprint density at radius 3 is 2.00 bits per heavy atom. The molecule has 0 radical (unpaired) electrons. The zero-order valence-corrected chi connectivity index (χ0v) is 12.7. The SMILES string of the molecule is COc1cc(F)c(B2OC(C)(C)C(C)(C)O2)c(OC)c1. The van der Waals surface area contributed by atoms with Gasteiger partial charge in [0.25, 0.3) is 0 Å². The molecule has 4 nitrogen and oxygen atoms in total. The molecule has 1 saturated heterocycles. The van der Waals surface area contributed by atoms with Gasteiger partial charge in [-0.3, -0.25) is 0 Å². The number of halogens is 1. The zero-order chi connectivity index (χ0) is 15.1. The van der Waals surface area contributed by atoms with E-state index in [2.05, 4.69) is 0 Å². The van der Waals surface area contributed by atoms with E-state index < -0.39 is 24.1 Å². The second kappa shape index (κ2) is 4.93. The van der Waals surface area contributed by atoms with Gasteiger partial charge in [0.2, 0.25) is 0 Å². The van der Waals surface area contributed by atoms with E-state index in [4.69, 9.17) is 18.8 Å². The van der Waals surface area contributed by atoms with Crippen LogP contribution in [0.2, 0.25) is 0 Å². The lowest BCUT2D eigenvalue weighted by Gasteiger charge is -2.32. The summed E-state index contributed by atoms with van der Waals surface area (Å²) < 4.78 is 36.3. The van der Waals surface area contributed by atoms with Gasteiger partial charge in [-0.1, -0.05) is 0 Å². The summed E-state index contributed by atoms with van der Waals surface area (Å²) in [5, 5.41) is 0. The molecule has 0 atom stereocenters. The first-order valence-electron chi connectivity index (χ1n) is 6.49. The number of ether oxygens (including phenoxy) is 2. The molecule has 0 saturated carbocycles. The fraction of sp³-hybridized carbons (Fsp3) is 0.571. The Morgan fingerprint density at radius 1 is 1.00 bits per heavy atom. The summed E-state index contributed by atoms with van der Waals surface area (Å²) >= 11 is 0. The minimum absolute atomic E-state index is 0.256. The second-order valence-corrected chi connectivity index (χ2v) is 5.81. The number of methoxy groups -OCH3 is 2. The third kappa shape index (κ3) is 2.38. The van der Waals surface area contributed by atoms with Crippen molar-refractivity contribution in [3.8, 4) is 11.5 Å². The van der Waals surface area contributed by atoms with E-state index in [-0.39, 0.29) is 5.46 Å². The summed E-state index contributed by atoms with van der Waals surface area (Å²) in [6.45, 7) is 7.67. The third-order valence-electron chi connectivity index (χ3n) is 4.01. The molecule has 0 bridgehead atoms. The predicted molar refractivity (Wildman–Crippen MR) is 75.2 cm³/mol. The molecular weight excluding hydrogens is 262 g/mol. The monoisotopic (exact) mass is 282 g/mol. The highest BCUT2D eigenvalue weighted by Gasteiger charge is 2.53. The Kier molecular flexibility index (Phi) is 3.73. The standard InChI is InChI=1S/C14H20BFO4/c1-13(2)14(3,4)20-15(19-13)12-10(16)7-9(17-5)8-11(12)18-6/h7-8H,1-6H3. The van der Waals surface area contributed by atoms with Crippen molar-refractivity contribution in [1.82, 2.24) is 0 Å². The van der Waals surface area contributed by atoms with E-state index in [0.29, 0.717) is 11.5 Å². The Balaban J connectivity index is 2.44. The maximum absolute atomic E-state index is 14.3. The van der Waals surface area contributed by atoms with Gasteiger partial charge in [0, 0.05) is 12.1 Å². The third-order valence-corrected chi connectivity index (χ3v) is 4.01. The molecule has 110 valence electrons. The highest BCUT2D eigenvalue weighted by atomic mass is 19.1. The average Bonchev–Trinajstić information content (AvgIpc) is 2.56. The number of hydrogen-bond donors (Lipinski definition) is 0. The van der Waals surface area contributed by atoms with E-state index in [1.165, 1.54) is 20.3 Å². The minimum atomic E-state index is -0.805. The molecule has 0 N–H and O–H groups in total. The van der Waals surface area contributed by atoms with Crippen LogP contribution in [-0.4, -0.2) is 32.5 Å². The zero-order valence-electron chi connectivity index (χ0n) is 12.7. The van der Waals surface area contributed by atoms with Gasteiger partial charge in [-0.15, -0.1) is 0 Å². The van der Waals surface area contributed by atoms with Crippen molar-refractivity contribution in [2.45, 2.75) is 38.9 Å². The molecule has 1 aromatic rings. The number of benzene rings is 1. The molecule has 1 aromatic carbocycles. The van der Waals surface area contributed by atoms with Crippen LogP contribution in [0.5, 0.6) is 11.5 Å². The molecule has 1 aliphatic rings. The quantitative estimate of drug-likeness (QED) is 0.796. The van der Waals surface area contributed by atoms with Crippen molar-refractivity contribution in [1.29, 1.82) is 0 Å². The van der Waals surface area contributed by atoms with Crippen LogP contribution in [0.3, 0.4) is 0 Å². The largest absolute Gasteiger partial charge is 0.501 e. The van der Waals surface area contributed by atoms with Gasteiger partial charge in [0.15, 0.2) is 0 Å². The molecule has 0 aliphatic carbocycles. The van der Waals surface area contributed by atoms with Crippen LogP contribution in [0.1, 0.15) is 27.7 Å². The molecule has 6 heteroatoms. The first kappa shape index (κ1) is 15.1. The van der Waals surface area contributed by atoms with Crippen LogP contribution < -0.4 is 14.9 Å². The first-order chi connectivity index (χ1) is 9.21. The van der Waals surface area contributed by atoms with Crippen molar-refractivity contribution in [3.63, 3.8) is 0 Å². The summed E-state index contributed by atoms with van der Waals surface area (Å²) in [5.74, 6) is 0.264. The molecule has 0 aromatic heterocycles. The van der Waals surface area contributed by atoms with Gasteiger partial charge in [-0.2, -0.15) is 0 Å². The summed E-state index contributed by atoms with van der Waals surface area (Å²) in [6, 6.07) is 2.91. The molecule has 0 spiro atoms. The maximum atomic E-state index is 14.3. The molecule has 1 aliphatic heterocycles. The highest BCUT2D eigenvalue weighted by Crippen LogP contribution is 2.37. The van der Waals surface area contributed by atoms with Crippen LogP contribution >= 0.6 is 0 Å². The van der Waals surface area contributed by atoms with Crippen LogP contribution in [0, 0.1) is 5.82 Å². The Bertz CT molecular complexity index is 500. The second-order valence-electron chi connectivity index (χ2n) is 5.81. The van der Waals surface area contributed by atoms with Crippen molar-refractivity contribution >= 4 is 12.6 Å². The van der Waals surface area contributed by atoms with Gasteiger partial charge in [0.1, 0.15) is 17.3 Å². The number of hydrogen-bond acceptors (Lipinski definition) is 4. The maximum Gasteiger partial charge on any atom is 0.501 e. The first-order valence-corrected chi connectivity index (χ1v) is 6.49. The van der Waals surface area contributed by atoms with E-state index in [9.17, 15) is 4.39 Å². The van der Waals surface area contributed by atoms with Gasteiger partial charge in [-0.25, -0.2) is 4.39 Å². The topological polar surface area (TPSA) is 36.9 Å². The van der Waals surface area contributed by atoms with Gasteiger partial charge >= 0.3 is 7.12 Å². The van der Waals surface area contributed by atoms with Crippen LogP contribution in [0.4, 0.5) is 4.39 Å². The van der Waals surface area contributed by atoms with Gasteiger partial charge in [0.05, 0.1) is 30.9 Å². The van der Waals surface area contributed by atoms with Crippen LogP contribution in [-0.2, 0) is 9.31 Å². The fourth-order valence-corrected chi connectivity index (χ4v) is 2.05. The highest BCUT2D eigenvalue weighted by molar-refractivity contribution is 6.63. The Hall–Kier alpha value is -1.27. The average molecular weight is 282 g/mol. The van der Waals surface area contributed by atoms with Crippen molar-refractivity contribution in [3.05, 3.63) is 17.9 Å². The lowest BCUT2D eigenvalue weighted by molar-refractivity contribution is 0.00578. The predicted octanol–water partition coefficient (Wildman–Crippen LogP) is 2.14. The van der Waals surface area contributed by atoms with Crippen molar-refractivity contribution in [2.24, 2.45) is 0 Å². The molecule has 2 rings (SSSR count). The van der Waals surface area contributed by atoms with E-state index in [0.717, 1.165) is 0 Å².